The van der Waals surface area contributed by atoms with Crippen LogP contribution in [0.4, 0.5) is 0 Å². The molecular formula is C23H40O5. The Hall–Kier alpha value is -1.20. The van der Waals surface area contributed by atoms with Gasteiger partial charge in [0.25, 0.3) is 0 Å². The summed E-state index contributed by atoms with van der Waals surface area (Å²) in [5.41, 5.74) is -0.578. The van der Waals surface area contributed by atoms with Crippen molar-refractivity contribution in [3.8, 4) is 0 Å². The van der Waals surface area contributed by atoms with Crippen LogP contribution in [0.25, 0.3) is 0 Å². The molecule has 0 bridgehead atoms. The van der Waals surface area contributed by atoms with Crippen molar-refractivity contribution >= 4 is 11.8 Å². The van der Waals surface area contributed by atoms with E-state index in [4.69, 9.17) is 5.11 Å². The first-order valence-electron chi connectivity index (χ1n) is 10.8. The molecule has 0 spiro atoms. The van der Waals surface area contributed by atoms with Crippen molar-refractivity contribution in [1.82, 2.24) is 0 Å². The van der Waals surface area contributed by atoms with Gasteiger partial charge in [-0.15, -0.1) is 0 Å². The molecule has 1 aliphatic carbocycles. The third-order valence-electron chi connectivity index (χ3n) is 6.60. The number of rotatable bonds is 13. The van der Waals surface area contributed by atoms with E-state index < -0.39 is 23.6 Å². The second kappa shape index (κ2) is 11.1. The molecule has 0 radical (unpaired) electrons. The zero-order chi connectivity index (χ0) is 21.4. The Balaban J connectivity index is 2.59. The second-order valence-corrected chi connectivity index (χ2v) is 9.36. The maximum Gasteiger partial charge on any atom is 0.332 e. The zero-order valence-electron chi connectivity index (χ0n) is 18.1. The van der Waals surface area contributed by atoms with Crippen LogP contribution in [-0.2, 0) is 9.59 Å². The molecule has 0 amide bonds. The number of carboxylic acids is 1. The largest absolute Gasteiger partial charge is 0.479 e. The highest BCUT2D eigenvalue weighted by Crippen LogP contribution is 2.45. The molecule has 1 fully saturated rings. The summed E-state index contributed by atoms with van der Waals surface area (Å²) in [6, 6.07) is 0. The normalized spacial score (nSPS) is 25.4. The van der Waals surface area contributed by atoms with Crippen LogP contribution in [0.5, 0.6) is 0 Å². The monoisotopic (exact) mass is 396 g/mol. The molecule has 0 aromatic heterocycles. The number of aliphatic carboxylic acids is 1. The first kappa shape index (κ1) is 24.8. The Kier molecular flexibility index (Phi) is 9.85. The number of aliphatic hydroxyl groups is 2. The molecule has 0 aliphatic heterocycles. The summed E-state index contributed by atoms with van der Waals surface area (Å²) >= 11 is 0. The van der Waals surface area contributed by atoms with Crippen LogP contribution in [-0.4, -0.2) is 39.3 Å². The summed E-state index contributed by atoms with van der Waals surface area (Å²) in [6.07, 6.45) is 10.0. The summed E-state index contributed by atoms with van der Waals surface area (Å²) in [5.74, 6) is -0.753. The Morgan fingerprint density at radius 3 is 2.54 bits per heavy atom. The van der Waals surface area contributed by atoms with Crippen molar-refractivity contribution in [3.63, 3.8) is 0 Å². The van der Waals surface area contributed by atoms with Crippen molar-refractivity contribution < 1.29 is 24.9 Å². The molecule has 28 heavy (non-hydrogen) atoms. The fourth-order valence-electron chi connectivity index (χ4n) is 4.14. The fourth-order valence-corrected chi connectivity index (χ4v) is 4.14. The minimum Gasteiger partial charge on any atom is -0.479 e. The first-order valence-corrected chi connectivity index (χ1v) is 10.8. The third-order valence-corrected chi connectivity index (χ3v) is 6.60. The van der Waals surface area contributed by atoms with Gasteiger partial charge in [-0.25, -0.2) is 4.79 Å². The minimum atomic E-state index is -1.29. The Morgan fingerprint density at radius 2 is 1.93 bits per heavy atom. The van der Waals surface area contributed by atoms with Gasteiger partial charge < -0.3 is 15.3 Å². The van der Waals surface area contributed by atoms with Crippen LogP contribution in [0.2, 0.25) is 0 Å². The molecule has 0 aromatic carbocycles. The SMILES string of the molecule is CCCCC(C)(C)C(O)C=C[C@H]1CCC(=O)[C@]1(C)CCCCCC(O)C(=O)O. The number of hydrogen-bond acceptors (Lipinski definition) is 4. The lowest BCUT2D eigenvalue weighted by Crippen LogP contribution is -2.30. The molecule has 1 saturated carbocycles. The molecular weight excluding hydrogens is 356 g/mol. The fraction of sp³-hybridized carbons (Fsp3) is 0.826. The number of hydrogen-bond donors (Lipinski definition) is 3. The summed E-state index contributed by atoms with van der Waals surface area (Å²) in [4.78, 5) is 23.2. The van der Waals surface area contributed by atoms with Gasteiger partial charge in [0.05, 0.1) is 6.10 Å². The number of carbonyl (C=O) groups excluding carboxylic acids is 1. The molecule has 0 aromatic rings. The van der Waals surface area contributed by atoms with Crippen LogP contribution < -0.4 is 0 Å². The average Bonchev–Trinajstić information content (AvgIpc) is 2.91. The molecule has 0 saturated heterocycles. The summed E-state index contributed by atoms with van der Waals surface area (Å²) in [6.45, 7) is 8.35. The first-order chi connectivity index (χ1) is 13.0. The van der Waals surface area contributed by atoms with E-state index in [9.17, 15) is 19.8 Å². The predicted octanol–water partition coefficient (Wildman–Crippen LogP) is 4.50. The van der Waals surface area contributed by atoms with Gasteiger partial charge in [-0.3, -0.25) is 4.79 Å². The molecule has 5 heteroatoms. The van der Waals surface area contributed by atoms with Gasteiger partial charge in [0.1, 0.15) is 5.78 Å². The van der Waals surface area contributed by atoms with E-state index in [-0.39, 0.29) is 23.5 Å². The second-order valence-electron chi connectivity index (χ2n) is 9.36. The van der Waals surface area contributed by atoms with E-state index in [2.05, 4.69) is 26.8 Å². The highest BCUT2D eigenvalue weighted by Gasteiger charge is 2.44. The van der Waals surface area contributed by atoms with Crippen molar-refractivity contribution in [3.05, 3.63) is 12.2 Å². The quantitative estimate of drug-likeness (QED) is 0.315. The van der Waals surface area contributed by atoms with Gasteiger partial charge in [-0.05, 0) is 37.0 Å². The molecule has 1 rings (SSSR count). The van der Waals surface area contributed by atoms with Crippen molar-refractivity contribution in [2.45, 2.75) is 104 Å². The summed E-state index contributed by atoms with van der Waals surface area (Å²) < 4.78 is 0. The predicted molar refractivity (Wildman–Crippen MR) is 111 cm³/mol. The van der Waals surface area contributed by atoms with E-state index in [0.717, 1.165) is 44.9 Å². The summed E-state index contributed by atoms with van der Waals surface area (Å²) in [7, 11) is 0. The maximum atomic E-state index is 12.5. The Morgan fingerprint density at radius 1 is 1.25 bits per heavy atom. The lowest BCUT2D eigenvalue weighted by Gasteiger charge is -2.31. The van der Waals surface area contributed by atoms with E-state index in [0.29, 0.717) is 12.8 Å². The van der Waals surface area contributed by atoms with Gasteiger partial charge in [0, 0.05) is 11.8 Å². The maximum absolute atomic E-state index is 12.5. The van der Waals surface area contributed by atoms with E-state index in [1.165, 1.54) is 0 Å². The van der Waals surface area contributed by atoms with Gasteiger partial charge >= 0.3 is 5.97 Å². The molecule has 3 N–H and O–H groups in total. The molecule has 0 heterocycles. The standard InChI is InChI=1S/C23H40O5/c1-5-6-15-22(2,3)19(25)13-11-17-12-14-20(26)23(17,4)16-9-7-8-10-18(24)21(27)28/h11,13,17-19,24-25H,5-10,12,14-16H2,1-4H3,(H,27,28)/t17-,18?,19?,23+/m0/s1. The number of allylic oxidation sites excluding steroid dienone is 1. The Bertz CT molecular complexity index is 539. The molecule has 2 unspecified atom stereocenters. The molecule has 162 valence electrons. The van der Waals surface area contributed by atoms with Crippen LogP contribution in [0.1, 0.15) is 91.9 Å². The average molecular weight is 397 g/mol. The smallest absolute Gasteiger partial charge is 0.332 e. The number of carbonyl (C=O) groups is 2. The lowest BCUT2D eigenvalue weighted by atomic mass is 9.74. The minimum absolute atomic E-state index is 0.140. The number of carboxylic acid groups (broad SMARTS) is 1. The number of Topliss-reactive ketones (excluding diaryl/α,β-unsaturated/α-hetero) is 1. The van der Waals surface area contributed by atoms with Crippen molar-refractivity contribution in [1.29, 1.82) is 0 Å². The highest BCUT2D eigenvalue weighted by molar-refractivity contribution is 5.87. The lowest BCUT2D eigenvalue weighted by molar-refractivity contribution is -0.147. The van der Waals surface area contributed by atoms with Crippen LogP contribution in [0, 0.1) is 16.7 Å². The number of unbranched alkanes of at least 4 members (excludes halogenated alkanes) is 3. The Labute approximate surface area is 170 Å². The number of ketones is 1. The van der Waals surface area contributed by atoms with Gasteiger partial charge in [-0.1, -0.05) is 72.0 Å². The van der Waals surface area contributed by atoms with Crippen LogP contribution in [0.15, 0.2) is 12.2 Å². The van der Waals surface area contributed by atoms with E-state index in [1.54, 1.807) is 0 Å². The van der Waals surface area contributed by atoms with E-state index in [1.807, 2.05) is 13.0 Å². The van der Waals surface area contributed by atoms with E-state index >= 15 is 0 Å². The van der Waals surface area contributed by atoms with Gasteiger partial charge in [0.2, 0.25) is 0 Å². The highest BCUT2D eigenvalue weighted by atomic mass is 16.4. The molecule has 4 atom stereocenters. The third kappa shape index (κ3) is 7.00. The topological polar surface area (TPSA) is 94.8 Å². The van der Waals surface area contributed by atoms with Crippen LogP contribution >= 0.6 is 0 Å². The number of aliphatic hydroxyl groups excluding tert-OH is 2. The summed E-state index contributed by atoms with van der Waals surface area (Å²) in [5, 5.41) is 28.6. The molecule has 1 aliphatic rings. The van der Waals surface area contributed by atoms with Gasteiger partial charge in [0.15, 0.2) is 6.10 Å². The zero-order valence-corrected chi connectivity index (χ0v) is 18.1. The van der Waals surface area contributed by atoms with Gasteiger partial charge in [-0.2, -0.15) is 0 Å². The van der Waals surface area contributed by atoms with Crippen molar-refractivity contribution in [2.24, 2.45) is 16.7 Å². The molecule has 5 nitrogen and oxygen atoms in total. The van der Waals surface area contributed by atoms with Crippen molar-refractivity contribution in [2.75, 3.05) is 0 Å². The van der Waals surface area contributed by atoms with Crippen LogP contribution in [0.3, 0.4) is 0 Å².